The van der Waals surface area contributed by atoms with Gasteiger partial charge in [0.2, 0.25) is 11.8 Å². The molecule has 1 aromatic heterocycles. The lowest BCUT2D eigenvalue weighted by Crippen LogP contribution is -2.30. The highest BCUT2D eigenvalue weighted by molar-refractivity contribution is 6.30. The van der Waals surface area contributed by atoms with Gasteiger partial charge in [0, 0.05) is 19.7 Å². The molecule has 3 rings (SSSR count). The molecule has 1 saturated heterocycles. The van der Waals surface area contributed by atoms with E-state index in [1.165, 1.54) is 29.4 Å². The Morgan fingerprint density at radius 2 is 2.30 bits per heavy atom. The summed E-state index contributed by atoms with van der Waals surface area (Å²) in [5, 5.41) is 9.04. The topological polar surface area (TPSA) is 78.1 Å². The minimum Gasteiger partial charge on any atom is -0.338 e. The third kappa shape index (κ3) is 2.92. The normalized spacial score (nSPS) is 20.8. The van der Waals surface area contributed by atoms with Gasteiger partial charge < -0.3 is 10.2 Å². The minimum atomic E-state index is -0.622. The first-order valence-electron chi connectivity index (χ1n) is 6.97. The van der Waals surface area contributed by atoms with Gasteiger partial charge in [-0.05, 0) is 17.7 Å². The highest BCUT2D eigenvalue weighted by atomic mass is 35.5. The predicted octanol–water partition coefficient (Wildman–Crippen LogP) is 2.36. The van der Waals surface area contributed by atoms with E-state index in [-0.39, 0.29) is 23.3 Å². The number of nitrogens with one attached hydrogen (secondary N) is 2. The van der Waals surface area contributed by atoms with Crippen molar-refractivity contribution in [3.8, 4) is 0 Å². The van der Waals surface area contributed by atoms with E-state index in [1.54, 1.807) is 13.1 Å². The van der Waals surface area contributed by atoms with Crippen molar-refractivity contribution in [1.82, 2.24) is 15.1 Å². The largest absolute Gasteiger partial charge is 0.338 e. The fraction of sp³-hybridized carbons (Fsp3) is 0.267. The van der Waals surface area contributed by atoms with Gasteiger partial charge in [-0.3, -0.25) is 14.7 Å². The van der Waals surface area contributed by atoms with Crippen molar-refractivity contribution >= 4 is 29.1 Å². The van der Waals surface area contributed by atoms with Crippen LogP contribution >= 0.6 is 11.6 Å². The summed E-state index contributed by atoms with van der Waals surface area (Å²) < 4.78 is 13.7. The molecule has 0 bridgehead atoms. The van der Waals surface area contributed by atoms with Crippen LogP contribution < -0.4 is 5.32 Å². The number of halogens is 2. The van der Waals surface area contributed by atoms with Crippen LogP contribution in [-0.4, -0.2) is 34.0 Å². The fourth-order valence-electron chi connectivity index (χ4n) is 2.81. The number of H-pyrrole nitrogens is 1. The number of carbonyl (C=O) groups excluding carboxylic acids is 2. The molecule has 120 valence electrons. The second-order valence-electron chi connectivity index (χ2n) is 5.41. The van der Waals surface area contributed by atoms with Crippen molar-refractivity contribution in [3.05, 3.63) is 47.0 Å². The number of benzene rings is 1. The monoisotopic (exact) mass is 336 g/mol. The molecule has 1 aliphatic rings. The van der Waals surface area contributed by atoms with E-state index in [9.17, 15) is 14.0 Å². The Morgan fingerprint density at radius 1 is 1.52 bits per heavy atom. The lowest BCUT2D eigenvalue weighted by molar-refractivity contribution is -0.127. The van der Waals surface area contributed by atoms with Crippen molar-refractivity contribution < 1.29 is 14.0 Å². The number of rotatable bonds is 3. The summed E-state index contributed by atoms with van der Waals surface area (Å²) in [4.78, 5) is 26.0. The molecule has 1 fully saturated rings. The Labute approximate surface area is 136 Å². The van der Waals surface area contributed by atoms with Crippen molar-refractivity contribution in [3.63, 3.8) is 0 Å². The van der Waals surface area contributed by atoms with Crippen molar-refractivity contribution in [1.29, 1.82) is 0 Å². The summed E-state index contributed by atoms with van der Waals surface area (Å²) in [5.41, 5.74) is 1.05. The maximum atomic E-state index is 13.7. The highest BCUT2D eigenvalue weighted by Crippen LogP contribution is 2.38. The maximum absolute atomic E-state index is 13.7. The second kappa shape index (κ2) is 6.00. The molecule has 0 spiro atoms. The van der Waals surface area contributed by atoms with Crippen LogP contribution in [0.1, 0.15) is 18.0 Å². The predicted molar refractivity (Wildman–Crippen MR) is 82.2 cm³/mol. The van der Waals surface area contributed by atoms with Gasteiger partial charge in [0.05, 0.1) is 28.9 Å². The smallest absolute Gasteiger partial charge is 0.230 e. The third-order valence-electron chi connectivity index (χ3n) is 3.97. The van der Waals surface area contributed by atoms with E-state index in [0.717, 1.165) is 0 Å². The Hall–Kier alpha value is -2.41. The van der Waals surface area contributed by atoms with Crippen molar-refractivity contribution in [2.75, 3.05) is 12.4 Å². The number of aromatic amines is 1. The standard InChI is InChI=1S/C15H14ClFN4O2/c1-21-13(22)5-10(15(23)20-9-6-18-19-7-9)14(21)8-2-3-11(16)12(17)4-8/h2-4,6-7,10,14H,5H2,1H3,(H,18,19)(H,20,23)/t10-,14+/m1/s1. The summed E-state index contributed by atoms with van der Waals surface area (Å²) in [6.07, 6.45) is 3.07. The first-order valence-corrected chi connectivity index (χ1v) is 7.35. The van der Waals surface area contributed by atoms with Gasteiger partial charge in [-0.15, -0.1) is 0 Å². The van der Waals surface area contributed by atoms with Crippen LogP contribution in [0.5, 0.6) is 0 Å². The lowest BCUT2D eigenvalue weighted by atomic mass is 9.93. The van der Waals surface area contributed by atoms with E-state index in [0.29, 0.717) is 11.3 Å². The molecule has 0 radical (unpaired) electrons. The SMILES string of the molecule is CN1C(=O)C[C@@H](C(=O)Nc2cn[nH]c2)[C@@H]1c1ccc(Cl)c(F)c1. The van der Waals surface area contributed by atoms with Gasteiger partial charge in [0.25, 0.3) is 0 Å². The molecule has 2 atom stereocenters. The fourth-order valence-corrected chi connectivity index (χ4v) is 2.93. The Balaban J connectivity index is 1.89. The number of hydrogen-bond acceptors (Lipinski definition) is 3. The molecule has 2 aromatic rings. The molecule has 1 aromatic carbocycles. The zero-order chi connectivity index (χ0) is 16.6. The summed E-state index contributed by atoms with van der Waals surface area (Å²) >= 11 is 5.70. The van der Waals surface area contributed by atoms with Crippen molar-refractivity contribution in [2.24, 2.45) is 5.92 Å². The Bertz CT molecular complexity index is 750. The number of aromatic nitrogens is 2. The van der Waals surface area contributed by atoms with E-state index in [2.05, 4.69) is 15.5 Å². The van der Waals surface area contributed by atoms with Gasteiger partial charge in [0.1, 0.15) is 5.82 Å². The van der Waals surface area contributed by atoms with Crippen LogP contribution in [0, 0.1) is 11.7 Å². The number of anilines is 1. The Kier molecular flexibility index (Phi) is 4.04. The molecular weight excluding hydrogens is 323 g/mol. The molecule has 1 aliphatic heterocycles. The zero-order valence-corrected chi connectivity index (χ0v) is 13.0. The number of amides is 2. The van der Waals surface area contributed by atoms with Crippen LogP contribution in [0.15, 0.2) is 30.6 Å². The number of likely N-dealkylation sites (tertiary alicyclic amines) is 1. The maximum Gasteiger partial charge on any atom is 0.230 e. The molecule has 8 heteroatoms. The second-order valence-corrected chi connectivity index (χ2v) is 5.82. The number of nitrogens with zero attached hydrogens (tertiary/aromatic N) is 2. The average Bonchev–Trinajstić information content (AvgIpc) is 3.11. The summed E-state index contributed by atoms with van der Waals surface area (Å²) in [7, 11) is 1.60. The van der Waals surface area contributed by atoms with E-state index in [1.807, 2.05) is 0 Å². The number of hydrogen-bond donors (Lipinski definition) is 2. The van der Waals surface area contributed by atoms with E-state index < -0.39 is 17.8 Å². The molecule has 6 nitrogen and oxygen atoms in total. The van der Waals surface area contributed by atoms with Crippen LogP contribution in [0.3, 0.4) is 0 Å². The van der Waals surface area contributed by atoms with Gasteiger partial charge in [-0.2, -0.15) is 5.10 Å². The van der Waals surface area contributed by atoms with Gasteiger partial charge in [-0.25, -0.2) is 4.39 Å². The van der Waals surface area contributed by atoms with Gasteiger partial charge in [-0.1, -0.05) is 17.7 Å². The van der Waals surface area contributed by atoms with E-state index >= 15 is 0 Å². The van der Waals surface area contributed by atoms with E-state index in [4.69, 9.17) is 11.6 Å². The van der Waals surface area contributed by atoms with Crippen LogP contribution in [0.2, 0.25) is 5.02 Å². The average molecular weight is 337 g/mol. The highest BCUT2D eigenvalue weighted by Gasteiger charge is 2.42. The summed E-state index contributed by atoms with van der Waals surface area (Å²) in [6, 6.07) is 3.78. The molecule has 2 N–H and O–H groups in total. The quantitative estimate of drug-likeness (QED) is 0.903. The third-order valence-corrected chi connectivity index (χ3v) is 4.28. The minimum absolute atomic E-state index is 0.000116. The zero-order valence-electron chi connectivity index (χ0n) is 12.2. The summed E-state index contributed by atoms with van der Waals surface area (Å²) in [5.74, 6) is -1.68. The van der Waals surface area contributed by atoms with Crippen molar-refractivity contribution in [2.45, 2.75) is 12.5 Å². The Morgan fingerprint density at radius 3 is 2.96 bits per heavy atom. The summed E-state index contributed by atoms with van der Waals surface area (Å²) in [6.45, 7) is 0. The van der Waals surface area contributed by atoms with Gasteiger partial charge >= 0.3 is 0 Å². The van der Waals surface area contributed by atoms with Crippen LogP contribution in [-0.2, 0) is 9.59 Å². The molecule has 2 heterocycles. The molecule has 0 aliphatic carbocycles. The van der Waals surface area contributed by atoms with Crippen LogP contribution in [0.4, 0.5) is 10.1 Å². The first kappa shape index (κ1) is 15.5. The molecular formula is C15H14ClFN4O2. The molecule has 2 amide bonds. The molecule has 23 heavy (non-hydrogen) atoms. The lowest BCUT2D eigenvalue weighted by Gasteiger charge is -2.25. The number of carbonyl (C=O) groups is 2. The molecule has 0 unspecified atom stereocenters. The van der Waals surface area contributed by atoms with Crippen LogP contribution in [0.25, 0.3) is 0 Å². The molecule has 0 saturated carbocycles. The van der Waals surface area contributed by atoms with Gasteiger partial charge in [0.15, 0.2) is 0 Å². The first-order chi connectivity index (χ1) is 11.0.